The molecule has 0 aromatic heterocycles. The van der Waals surface area contributed by atoms with Gasteiger partial charge in [-0.1, -0.05) is 6.07 Å². The fourth-order valence-electron chi connectivity index (χ4n) is 2.65. The third kappa shape index (κ3) is 2.61. The molecular formula is C14H20N2O. The lowest BCUT2D eigenvalue weighted by molar-refractivity contribution is 0.134. The Hall–Kier alpha value is -1.06. The first-order valence-electron chi connectivity index (χ1n) is 6.57. The Morgan fingerprint density at radius 3 is 2.82 bits per heavy atom. The van der Waals surface area contributed by atoms with E-state index in [0.29, 0.717) is 0 Å². The summed E-state index contributed by atoms with van der Waals surface area (Å²) in [7, 11) is 0. The molecule has 0 amide bonds. The molecule has 0 saturated carbocycles. The van der Waals surface area contributed by atoms with Crippen LogP contribution in [0.1, 0.15) is 24.0 Å². The Balaban J connectivity index is 1.51. The average molecular weight is 232 g/mol. The van der Waals surface area contributed by atoms with Crippen LogP contribution in [0, 0.1) is 0 Å². The Morgan fingerprint density at radius 2 is 1.94 bits per heavy atom. The number of rotatable bonds is 4. The zero-order valence-electron chi connectivity index (χ0n) is 10.2. The smallest absolute Gasteiger partial charge is 0.0725 e. The van der Waals surface area contributed by atoms with Crippen LogP contribution < -0.4 is 5.32 Å². The van der Waals surface area contributed by atoms with Gasteiger partial charge < -0.3 is 15.0 Å². The van der Waals surface area contributed by atoms with Gasteiger partial charge in [-0.05, 0) is 49.2 Å². The van der Waals surface area contributed by atoms with Gasteiger partial charge in [0, 0.05) is 18.8 Å². The zero-order valence-corrected chi connectivity index (χ0v) is 10.2. The summed E-state index contributed by atoms with van der Waals surface area (Å²) in [4.78, 5) is 2.53. The highest BCUT2D eigenvalue weighted by molar-refractivity contribution is 5.49. The molecule has 2 aliphatic rings. The number of fused-ring (bicyclic) bond motifs is 1. The van der Waals surface area contributed by atoms with Gasteiger partial charge in [0.05, 0.1) is 13.2 Å². The summed E-state index contributed by atoms with van der Waals surface area (Å²) in [6.45, 7) is 6.31. The molecule has 0 radical (unpaired) electrons. The van der Waals surface area contributed by atoms with E-state index in [1.807, 2.05) is 0 Å². The minimum absolute atomic E-state index is 0.775. The number of benzene rings is 1. The van der Waals surface area contributed by atoms with Crippen molar-refractivity contribution in [1.82, 2.24) is 4.90 Å². The van der Waals surface area contributed by atoms with E-state index in [1.54, 1.807) is 0 Å². The summed E-state index contributed by atoms with van der Waals surface area (Å²) in [6, 6.07) is 6.57. The van der Waals surface area contributed by atoms with E-state index < -0.39 is 0 Å². The molecule has 2 heterocycles. The van der Waals surface area contributed by atoms with Crippen molar-refractivity contribution in [1.29, 1.82) is 0 Å². The molecule has 3 rings (SSSR count). The molecular weight excluding hydrogens is 212 g/mol. The van der Waals surface area contributed by atoms with E-state index in [-0.39, 0.29) is 0 Å². The number of likely N-dealkylation sites (tertiary alicyclic amines) is 1. The molecule has 1 saturated heterocycles. The molecule has 0 aliphatic carbocycles. The molecule has 92 valence electrons. The van der Waals surface area contributed by atoms with Crippen LogP contribution >= 0.6 is 0 Å². The van der Waals surface area contributed by atoms with Gasteiger partial charge in [0.1, 0.15) is 0 Å². The molecule has 17 heavy (non-hydrogen) atoms. The Kier molecular flexibility index (Phi) is 3.29. The fraction of sp³-hybridized carbons (Fsp3) is 0.571. The van der Waals surface area contributed by atoms with E-state index in [1.165, 1.54) is 42.7 Å². The van der Waals surface area contributed by atoms with Crippen LogP contribution in [-0.4, -0.2) is 31.1 Å². The standard InChI is InChI=1S/C14H20N2O/c1-2-7-16(6-1)8-5-15-14-4-3-12-10-17-11-13(12)9-14/h3-4,9,15H,1-2,5-8,10-11H2. The van der Waals surface area contributed by atoms with Crippen molar-refractivity contribution >= 4 is 5.69 Å². The lowest BCUT2D eigenvalue weighted by Gasteiger charge is -2.15. The summed E-state index contributed by atoms with van der Waals surface area (Å²) < 4.78 is 5.42. The van der Waals surface area contributed by atoms with Gasteiger partial charge in [-0.2, -0.15) is 0 Å². The molecule has 1 N–H and O–H groups in total. The maximum absolute atomic E-state index is 5.42. The topological polar surface area (TPSA) is 24.5 Å². The Morgan fingerprint density at radius 1 is 1.12 bits per heavy atom. The number of nitrogens with one attached hydrogen (secondary N) is 1. The number of anilines is 1. The molecule has 0 unspecified atom stereocenters. The zero-order chi connectivity index (χ0) is 11.5. The molecule has 0 bridgehead atoms. The van der Waals surface area contributed by atoms with Crippen LogP contribution in [0.5, 0.6) is 0 Å². The normalized spacial score (nSPS) is 19.5. The lowest BCUT2D eigenvalue weighted by atomic mass is 10.1. The van der Waals surface area contributed by atoms with Crippen molar-refractivity contribution in [2.75, 3.05) is 31.5 Å². The second kappa shape index (κ2) is 5.07. The van der Waals surface area contributed by atoms with Crippen LogP contribution in [0.3, 0.4) is 0 Å². The molecule has 0 spiro atoms. The van der Waals surface area contributed by atoms with Gasteiger partial charge in [-0.15, -0.1) is 0 Å². The lowest BCUT2D eigenvalue weighted by Crippen LogP contribution is -2.25. The molecule has 0 atom stereocenters. The van der Waals surface area contributed by atoms with E-state index in [2.05, 4.69) is 28.4 Å². The number of nitrogens with zero attached hydrogens (tertiary/aromatic N) is 1. The largest absolute Gasteiger partial charge is 0.384 e. The number of ether oxygens (including phenoxy) is 1. The molecule has 2 aliphatic heterocycles. The van der Waals surface area contributed by atoms with Gasteiger partial charge in [0.2, 0.25) is 0 Å². The molecule has 1 fully saturated rings. The van der Waals surface area contributed by atoms with Crippen molar-refractivity contribution in [2.24, 2.45) is 0 Å². The third-order valence-corrected chi connectivity index (χ3v) is 3.68. The predicted molar refractivity (Wildman–Crippen MR) is 69.1 cm³/mol. The van der Waals surface area contributed by atoms with Crippen LogP contribution in [0.15, 0.2) is 18.2 Å². The predicted octanol–water partition coefficient (Wildman–Crippen LogP) is 2.22. The van der Waals surface area contributed by atoms with Gasteiger partial charge in [0.25, 0.3) is 0 Å². The minimum atomic E-state index is 0.775. The maximum atomic E-state index is 5.42. The van der Waals surface area contributed by atoms with E-state index >= 15 is 0 Å². The quantitative estimate of drug-likeness (QED) is 0.861. The minimum Gasteiger partial charge on any atom is -0.384 e. The van der Waals surface area contributed by atoms with Crippen molar-refractivity contribution in [3.8, 4) is 0 Å². The van der Waals surface area contributed by atoms with E-state index in [9.17, 15) is 0 Å². The van der Waals surface area contributed by atoms with Crippen molar-refractivity contribution in [3.63, 3.8) is 0 Å². The maximum Gasteiger partial charge on any atom is 0.0725 e. The molecule has 3 nitrogen and oxygen atoms in total. The summed E-state index contributed by atoms with van der Waals surface area (Å²) in [5, 5.41) is 3.50. The second-order valence-corrected chi connectivity index (χ2v) is 4.95. The van der Waals surface area contributed by atoms with Gasteiger partial charge in [-0.3, -0.25) is 0 Å². The highest BCUT2D eigenvalue weighted by atomic mass is 16.5. The summed E-state index contributed by atoms with van der Waals surface area (Å²) in [5.41, 5.74) is 3.92. The first kappa shape index (κ1) is 11.1. The van der Waals surface area contributed by atoms with Crippen molar-refractivity contribution in [3.05, 3.63) is 29.3 Å². The van der Waals surface area contributed by atoms with Crippen LogP contribution in [-0.2, 0) is 18.0 Å². The Labute approximate surface area is 103 Å². The van der Waals surface area contributed by atoms with Crippen LogP contribution in [0.4, 0.5) is 5.69 Å². The van der Waals surface area contributed by atoms with Crippen LogP contribution in [0.25, 0.3) is 0 Å². The van der Waals surface area contributed by atoms with Gasteiger partial charge in [0.15, 0.2) is 0 Å². The first-order chi connectivity index (χ1) is 8.42. The average Bonchev–Trinajstić information content (AvgIpc) is 2.98. The van der Waals surface area contributed by atoms with Crippen molar-refractivity contribution in [2.45, 2.75) is 26.1 Å². The van der Waals surface area contributed by atoms with Gasteiger partial charge in [-0.25, -0.2) is 0 Å². The second-order valence-electron chi connectivity index (χ2n) is 4.95. The third-order valence-electron chi connectivity index (χ3n) is 3.68. The summed E-state index contributed by atoms with van der Waals surface area (Å²) >= 11 is 0. The van der Waals surface area contributed by atoms with Crippen LogP contribution in [0.2, 0.25) is 0 Å². The van der Waals surface area contributed by atoms with E-state index in [0.717, 1.165) is 26.3 Å². The molecule has 1 aromatic rings. The number of hydrogen-bond acceptors (Lipinski definition) is 3. The molecule has 3 heteroatoms. The highest BCUT2D eigenvalue weighted by Crippen LogP contribution is 2.23. The monoisotopic (exact) mass is 232 g/mol. The fourth-order valence-corrected chi connectivity index (χ4v) is 2.65. The highest BCUT2D eigenvalue weighted by Gasteiger charge is 2.12. The Bertz CT molecular complexity index is 386. The summed E-state index contributed by atoms with van der Waals surface area (Å²) in [5.74, 6) is 0. The molecule has 1 aromatic carbocycles. The van der Waals surface area contributed by atoms with E-state index in [4.69, 9.17) is 4.74 Å². The van der Waals surface area contributed by atoms with Crippen molar-refractivity contribution < 1.29 is 4.74 Å². The number of hydrogen-bond donors (Lipinski definition) is 1. The summed E-state index contributed by atoms with van der Waals surface area (Å²) in [6.07, 6.45) is 2.74. The first-order valence-corrected chi connectivity index (χ1v) is 6.57. The van der Waals surface area contributed by atoms with Gasteiger partial charge >= 0.3 is 0 Å². The SMILES string of the molecule is c1cc2c(cc1NCCN1CCCC1)COC2.